The number of Topliss-reactive ketones (excluding diaryl/α,β-unsaturated/α-hetero) is 1. The summed E-state index contributed by atoms with van der Waals surface area (Å²) in [6.45, 7) is 8.52. The number of carbonyl (C=O) groups is 1. The Morgan fingerprint density at radius 3 is 2.50 bits per heavy atom. The summed E-state index contributed by atoms with van der Waals surface area (Å²) in [5.74, 6) is 0.937. The van der Waals surface area contributed by atoms with Gasteiger partial charge >= 0.3 is 0 Å². The van der Waals surface area contributed by atoms with E-state index in [2.05, 4.69) is 46.3 Å². The summed E-state index contributed by atoms with van der Waals surface area (Å²) in [5, 5.41) is 9.34. The van der Waals surface area contributed by atoms with Gasteiger partial charge in [-0.1, -0.05) is 29.5 Å². The molecular formula is C17H22N4O2S. The van der Waals surface area contributed by atoms with Gasteiger partial charge in [-0.25, -0.2) is 0 Å². The minimum absolute atomic E-state index is 0.131. The second-order valence-corrected chi connectivity index (χ2v) is 7.23. The van der Waals surface area contributed by atoms with Crippen LogP contribution in [0.4, 0.5) is 5.95 Å². The Balaban J connectivity index is 2.01. The Morgan fingerprint density at radius 2 is 1.88 bits per heavy atom. The van der Waals surface area contributed by atoms with E-state index in [9.17, 15) is 4.79 Å². The molecule has 7 heteroatoms. The smallest absolute Gasteiger partial charge is 0.232 e. The molecule has 0 radical (unpaired) electrons. The highest BCUT2D eigenvalue weighted by atomic mass is 32.2. The number of thioether (sulfide) groups is 1. The number of ether oxygens (including phenoxy) is 1. The Bertz CT molecular complexity index is 708. The van der Waals surface area contributed by atoms with Gasteiger partial charge in [0.15, 0.2) is 5.16 Å². The number of carbonyl (C=O) groups excluding carboxylic acids is 1. The van der Waals surface area contributed by atoms with Gasteiger partial charge in [-0.15, -0.1) is 10.2 Å². The predicted octanol–water partition coefficient (Wildman–Crippen LogP) is 2.48. The highest BCUT2D eigenvalue weighted by Crippen LogP contribution is 2.29. The molecule has 1 aromatic heterocycles. The van der Waals surface area contributed by atoms with Crippen molar-refractivity contribution < 1.29 is 9.53 Å². The number of benzene rings is 1. The van der Waals surface area contributed by atoms with E-state index < -0.39 is 0 Å². The maximum absolute atomic E-state index is 11.6. The first-order valence-electron chi connectivity index (χ1n) is 8.08. The zero-order chi connectivity index (χ0) is 17.1. The van der Waals surface area contributed by atoms with Gasteiger partial charge < -0.3 is 9.64 Å². The molecule has 0 aliphatic carbocycles. The van der Waals surface area contributed by atoms with Gasteiger partial charge in [-0.2, -0.15) is 0 Å². The quantitative estimate of drug-likeness (QED) is 0.775. The lowest BCUT2D eigenvalue weighted by atomic mass is 10.2. The van der Waals surface area contributed by atoms with Crippen LogP contribution in [-0.2, 0) is 9.53 Å². The van der Waals surface area contributed by atoms with Crippen LogP contribution in [-0.4, -0.2) is 52.1 Å². The molecule has 1 saturated heterocycles. The predicted molar refractivity (Wildman–Crippen MR) is 95.1 cm³/mol. The molecule has 0 N–H and O–H groups in total. The molecule has 1 fully saturated rings. The number of morpholine rings is 1. The summed E-state index contributed by atoms with van der Waals surface area (Å²) >= 11 is 1.44. The lowest BCUT2D eigenvalue weighted by Gasteiger charge is -2.28. The standard InChI is InChI=1S/C17H22N4O2S/c1-12-4-6-15(7-5-12)21-16(20-8-10-23-11-9-20)18-19-17(21)24-14(3)13(2)22/h4-7,14H,8-11H2,1-3H3. The summed E-state index contributed by atoms with van der Waals surface area (Å²) in [4.78, 5) is 13.8. The molecule has 24 heavy (non-hydrogen) atoms. The monoisotopic (exact) mass is 346 g/mol. The lowest BCUT2D eigenvalue weighted by Crippen LogP contribution is -2.37. The Kier molecular flexibility index (Phi) is 5.20. The maximum atomic E-state index is 11.6. The molecule has 6 nitrogen and oxygen atoms in total. The van der Waals surface area contributed by atoms with E-state index in [4.69, 9.17) is 4.74 Å². The number of rotatable bonds is 5. The van der Waals surface area contributed by atoms with Crippen molar-refractivity contribution in [3.8, 4) is 5.69 Å². The van der Waals surface area contributed by atoms with E-state index in [1.807, 2.05) is 11.5 Å². The number of hydrogen-bond acceptors (Lipinski definition) is 6. The maximum Gasteiger partial charge on any atom is 0.232 e. The minimum atomic E-state index is -0.157. The van der Waals surface area contributed by atoms with Crippen molar-refractivity contribution in [3.63, 3.8) is 0 Å². The molecule has 1 unspecified atom stereocenters. The van der Waals surface area contributed by atoms with Crippen molar-refractivity contribution in [2.45, 2.75) is 31.2 Å². The fourth-order valence-corrected chi connectivity index (χ4v) is 3.33. The molecule has 2 heterocycles. The molecule has 0 bridgehead atoms. The largest absolute Gasteiger partial charge is 0.378 e. The number of ketones is 1. The SMILES string of the molecule is CC(=O)C(C)Sc1nnc(N2CCOCC2)n1-c1ccc(C)cc1. The van der Waals surface area contributed by atoms with Crippen LogP contribution in [0.5, 0.6) is 0 Å². The number of nitrogens with zero attached hydrogens (tertiary/aromatic N) is 4. The van der Waals surface area contributed by atoms with E-state index in [0.717, 1.165) is 29.9 Å². The van der Waals surface area contributed by atoms with Crippen molar-refractivity contribution in [1.82, 2.24) is 14.8 Å². The zero-order valence-electron chi connectivity index (χ0n) is 14.2. The molecule has 1 aliphatic rings. The Labute approximate surface area is 146 Å². The van der Waals surface area contributed by atoms with Gasteiger partial charge in [0.1, 0.15) is 5.78 Å². The average Bonchev–Trinajstić information content (AvgIpc) is 3.00. The van der Waals surface area contributed by atoms with Crippen LogP contribution in [0.1, 0.15) is 19.4 Å². The number of anilines is 1. The number of hydrogen-bond donors (Lipinski definition) is 0. The molecule has 0 spiro atoms. The van der Waals surface area contributed by atoms with Crippen molar-refractivity contribution in [2.24, 2.45) is 0 Å². The summed E-state index contributed by atoms with van der Waals surface area (Å²) in [5.41, 5.74) is 2.20. The van der Waals surface area contributed by atoms with E-state index >= 15 is 0 Å². The molecule has 0 saturated carbocycles. The van der Waals surface area contributed by atoms with Crippen LogP contribution in [0, 0.1) is 6.92 Å². The molecule has 0 amide bonds. The molecule has 128 valence electrons. The minimum Gasteiger partial charge on any atom is -0.378 e. The topological polar surface area (TPSA) is 60.3 Å². The van der Waals surface area contributed by atoms with E-state index in [1.165, 1.54) is 17.3 Å². The molecule has 1 atom stereocenters. The van der Waals surface area contributed by atoms with E-state index in [0.29, 0.717) is 13.2 Å². The third-order valence-corrected chi connectivity index (χ3v) is 5.22. The number of aromatic nitrogens is 3. The molecule has 3 rings (SSSR count). The molecular weight excluding hydrogens is 324 g/mol. The fourth-order valence-electron chi connectivity index (χ4n) is 2.47. The Morgan fingerprint density at radius 1 is 1.21 bits per heavy atom. The highest BCUT2D eigenvalue weighted by Gasteiger charge is 2.23. The molecule has 1 aromatic carbocycles. The van der Waals surface area contributed by atoms with Crippen LogP contribution < -0.4 is 4.90 Å². The van der Waals surface area contributed by atoms with Crippen LogP contribution in [0.3, 0.4) is 0 Å². The normalized spacial score (nSPS) is 16.2. The van der Waals surface area contributed by atoms with E-state index in [1.54, 1.807) is 6.92 Å². The fraction of sp³-hybridized carbons (Fsp3) is 0.471. The van der Waals surface area contributed by atoms with Gasteiger partial charge in [0.25, 0.3) is 0 Å². The number of aryl methyl sites for hydroxylation is 1. The van der Waals surface area contributed by atoms with Crippen LogP contribution >= 0.6 is 11.8 Å². The van der Waals surface area contributed by atoms with E-state index in [-0.39, 0.29) is 11.0 Å². The first-order chi connectivity index (χ1) is 11.6. The summed E-state index contributed by atoms with van der Waals surface area (Å²) in [6, 6.07) is 8.26. The molecule has 1 aliphatic heterocycles. The van der Waals surface area contributed by atoms with Crippen molar-refractivity contribution >= 4 is 23.5 Å². The Hall–Kier alpha value is -1.86. The van der Waals surface area contributed by atoms with Gasteiger partial charge in [-0.05, 0) is 32.9 Å². The third-order valence-electron chi connectivity index (χ3n) is 4.06. The van der Waals surface area contributed by atoms with Crippen LogP contribution in [0.25, 0.3) is 5.69 Å². The van der Waals surface area contributed by atoms with Crippen LogP contribution in [0.15, 0.2) is 29.4 Å². The van der Waals surface area contributed by atoms with Crippen molar-refractivity contribution in [2.75, 3.05) is 31.2 Å². The highest BCUT2D eigenvalue weighted by molar-refractivity contribution is 8.00. The first kappa shape index (κ1) is 17.0. The van der Waals surface area contributed by atoms with Crippen LogP contribution in [0.2, 0.25) is 0 Å². The first-order valence-corrected chi connectivity index (χ1v) is 8.96. The molecule has 2 aromatic rings. The van der Waals surface area contributed by atoms with Crippen molar-refractivity contribution in [1.29, 1.82) is 0 Å². The zero-order valence-corrected chi connectivity index (χ0v) is 15.0. The van der Waals surface area contributed by atoms with Crippen molar-refractivity contribution in [3.05, 3.63) is 29.8 Å². The summed E-state index contributed by atoms with van der Waals surface area (Å²) in [7, 11) is 0. The second kappa shape index (κ2) is 7.36. The average molecular weight is 346 g/mol. The van der Waals surface area contributed by atoms with Gasteiger partial charge in [0.2, 0.25) is 5.95 Å². The van der Waals surface area contributed by atoms with Gasteiger partial charge in [0.05, 0.1) is 24.2 Å². The van der Waals surface area contributed by atoms with Gasteiger partial charge in [0, 0.05) is 13.1 Å². The third kappa shape index (κ3) is 3.62. The lowest BCUT2D eigenvalue weighted by molar-refractivity contribution is -0.116. The summed E-state index contributed by atoms with van der Waals surface area (Å²) < 4.78 is 7.47. The second-order valence-electron chi connectivity index (χ2n) is 5.92. The summed E-state index contributed by atoms with van der Waals surface area (Å²) in [6.07, 6.45) is 0. The van der Waals surface area contributed by atoms with Gasteiger partial charge in [-0.3, -0.25) is 9.36 Å².